The molecule has 1 aliphatic carbocycles. The number of amides is 2. The molecular formula is C28H30ClN3O2. The summed E-state index contributed by atoms with van der Waals surface area (Å²) in [6, 6.07) is 22.8. The Morgan fingerprint density at radius 3 is 2.32 bits per heavy atom. The Bertz CT molecular complexity index is 1180. The first-order valence-corrected chi connectivity index (χ1v) is 11.9. The highest BCUT2D eigenvalue weighted by Gasteiger charge is 2.36. The molecule has 34 heavy (non-hydrogen) atoms. The zero-order valence-electron chi connectivity index (χ0n) is 19.8. The number of carbonyl (C=O) groups is 2. The first-order valence-electron chi connectivity index (χ1n) is 11.6. The van der Waals surface area contributed by atoms with E-state index in [2.05, 4.69) is 24.4 Å². The van der Waals surface area contributed by atoms with Crippen LogP contribution in [0.1, 0.15) is 47.3 Å². The van der Waals surface area contributed by atoms with Crippen LogP contribution >= 0.6 is 11.6 Å². The second-order valence-electron chi connectivity index (χ2n) is 9.00. The summed E-state index contributed by atoms with van der Waals surface area (Å²) in [6.45, 7) is 2.53. The third-order valence-corrected chi connectivity index (χ3v) is 6.57. The summed E-state index contributed by atoms with van der Waals surface area (Å²) < 4.78 is 0. The molecule has 2 amide bonds. The van der Waals surface area contributed by atoms with Crippen LogP contribution in [0, 0.1) is 5.92 Å². The predicted molar refractivity (Wildman–Crippen MR) is 138 cm³/mol. The van der Waals surface area contributed by atoms with E-state index in [9.17, 15) is 9.59 Å². The molecule has 1 aliphatic rings. The molecule has 0 spiro atoms. The maximum atomic E-state index is 13.3. The molecular weight excluding hydrogens is 446 g/mol. The molecule has 0 aliphatic heterocycles. The van der Waals surface area contributed by atoms with E-state index in [4.69, 9.17) is 11.6 Å². The molecule has 4 rings (SSSR count). The van der Waals surface area contributed by atoms with Crippen LogP contribution in [-0.4, -0.2) is 30.8 Å². The molecule has 0 bridgehead atoms. The fourth-order valence-corrected chi connectivity index (χ4v) is 4.36. The number of hydrogen-bond donors (Lipinski definition) is 1. The van der Waals surface area contributed by atoms with Crippen LogP contribution in [-0.2, 0) is 11.3 Å². The second-order valence-corrected chi connectivity index (χ2v) is 9.41. The minimum Gasteiger partial charge on any atom is -0.377 e. The van der Waals surface area contributed by atoms with E-state index in [0.717, 1.165) is 29.7 Å². The van der Waals surface area contributed by atoms with Crippen molar-refractivity contribution in [3.05, 3.63) is 94.5 Å². The van der Waals surface area contributed by atoms with Crippen LogP contribution in [0.4, 0.5) is 11.4 Å². The Morgan fingerprint density at radius 1 is 1.00 bits per heavy atom. The highest BCUT2D eigenvalue weighted by molar-refractivity contribution is 6.34. The van der Waals surface area contributed by atoms with Gasteiger partial charge in [-0.3, -0.25) is 9.59 Å². The summed E-state index contributed by atoms with van der Waals surface area (Å²) in [5.41, 5.74) is 4.16. The van der Waals surface area contributed by atoms with Gasteiger partial charge < -0.3 is 15.1 Å². The summed E-state index contributed by atoms with van der Waals surface area (Å²) in [6.07, 6.45) is 1.90. The van der Waals surface area contributed by atoms with Gasteiger partial charge in [0.05, 0.1) is 16.6 Å². The van der Waals surface area contributed by atoms with Crippen molar-refractivity contribution in [1.29, 1.82) is 0 Å². The molecule has 1 atom stereocenters. The van der Waals surface area contributed by atoms with Gasteiger partial charge in [-0.05, 0) is 61.2 Å². The Morgan fingerprint density at radius 2 is 1.68 bits per heavy atom. The quantitative estimate of drug-likeness (QED) is 0.424. The topological polar surface area (TPSA) is 52.7 Å². The van der Waals surface area contributed by atoms with Gasteiger partial charge in [-0.2, -0.15) is 0 Å². The van der Waals surface area contributed by atoms with Gasteiger partial charge in [0, 0.05) is 37.9 Å². The van der Waals surface area contributed by atoms with E-state index < -0.39 is 0 Å². The third kappa shape index (κ3) is 5.42. The number of hydrogen-bond acceptors (Lipinski definition) is 3. The molecule has 0 saturated heterocycles. The van der Waals surface area contributed by atoms with Gasteiger partial charge in [0.25, 0.3) is 5.91 Å². The molecule has 0 unspecified atom stereocenters. The zero-order valence-corrected chi connectivity index (χ0v) is 20.5. The van der Waals surface area contributed by atoms with Crippen molar-refractivity contribution < 1.29 is 9.59 Å². The summed E-state index contributed by atoms with van der Waals surface area (Å²) in [5, 5.41) is 3.36. The van der Waals surface area contributed by atoms with Crippen molar-refractivity contribution in [3.8, 4) is 0 Å². The summed E-state index contributed by atoms with van der Waals surface area (Å²) in [4.78, 5) is 30.1. The molecule has 6 heteroatoms. The van der Waals surface area contributed by atoms with Crippen molar-refractivity contribution >= 4 is 34.8 Å². The number of nitrogens with zero attached hydrogens (tertiary/aromatic N) is 2. The van der Waals surface area contributed by atoms with Crippen LogP contribution < -0.4 is 10.2 Å². The van der Waals surface area contributed by atoms with Crippen molar-refractivity contribution in [3.63, 3.8) is 0 Å². The number of rotatable bonds is 8. The Kier molecular flexibility index (Phi) is 7.23. The van der Waals surface area contributed by atoms with Crippen molar-refractivity contribution in [2.45, 2.75) is 32.4 Å². The van der Waals surface area contributed by atoms with E-state index in [0.29, 0.717) is 22.8 Å². The first kappa shape index (κ1) is 23.8. The molecule has 176 valence electrons. The molecule has 0 heterocycles. The lowest BCUT2D eigenvalue weighted by atomic mass is 10.0. The number of nitrogens with one attached hydrogen (secondary N) is 1. The molecule has 0 aromatic heterocycles. The highest BCUT2D eigenvalue weighted by atomic mass is 35.5. The van der Waals surface area contributed by atoms with E-state index in [1.54, 1.807) is 24.3 Å². The maximum Gasteiger partial charge on any atom is 0.257 e. The predicted octanol–water partition coefficient (Wildman–Crippen LogP) is 6.16. The lowest BCUT2D eigenvalue weighted by molar-refractivity contribution is -0.135. The number of benzene rings is 3. The van der Waals surface area contributed by atoms with E-state index in [1.165, 1.54) is 0 Å². The maximum absolute atomic E-state index is 13.3. The van der Waals surface area contributed by atoms with Crippen LogP contribution in [0.2, 0.25) is 5.02 Å². The number of carbonyl (C=O) groups excluding carboxylic acids is 2. The molecule has 1 fully saturated rings. The van der Waals surface area contributed by atoms with Gasteiger partial charge in [0.2, 0.25) is 5.91 Å². The zero-order chi connectivity index (χ0) is 24.2. The largest absolute Gasteiger partial charge is 0.377 e. The molecule has 3 aromatic carbocycles. The minimum atomic E-state index is -0.266. The van der Waals surface area contributed by atoms with Crippen LogP contribution in [0.25, 0.3) is 0 Å². The standard InChI is InChI=1S/C28H30ClN3O2/c1-19(20-9-5-4-6-10-20)32(28(34)21-13-14-21)18-22-17-23(15-16-26(22)31(2)3)30-27(33)24-11-7-8-12-25(24)29/h4-12,15-17,19,21H,13-14,18H2,1-3H3,(H,30,33)/t19-/m1/s1. The van der Waals surface area contributed by atoms with Gasteiger partial charge in [-0.25, -0.2) is 0 Å². The SMILES string of the molecule is C[C@H](c1ccccc1)N(Cc1cc(NC(=O)c2ccccc2Cl)ccc1N(C)C)C(=O)C1CC1. The molecule has 1 saturated carbocycles. The fraction of sp³-hybridized carbons (Fsp3) is 0.286. The summed E-state index contributed by atoms with van der Waals surface area (Å²) in [5.74, 6) is 0.0290. The average molecular weight is 476 g/mol. The molecule has 0 radical (unpaired) electrons. The van der Waals surface area contributed by atoms with Gasteiger partial charge in [0.15, 0.2) is 0 Å². The van der Waals surface area contributed by atoms with Gasteiger partial charge >= 0.3 is 0 Å². The van der Waals surface area contributed by atoms with Gasteiger partial charge in [0.1, 0.15) is 0 Å². The van der Waals surface area contributed by atoms with Crippen molar-refractivity contribution in [1.82, 2.24) is 4.90 Å². The Hall–Kier alpha value is -3.31. The number of anilines is 2. The van der Waals surface area contributed by atoms with Crippen LogP contribution in [0.3, 0.4) is 0 Å². The third-order valence-electron chi connectivity index (χ3n) is 6.24. The molecule has 3 aromatic rings. The second kappa shape index (κ2) is 10.3. The normalized spacial score (nSPS) is 13.8. The minimum absolute atomic E-state index is 0.0642. The average Bonchev–Trinajstić information content (AvgIpc) is 3.68. The van der Waals surface area contributed by atoms with E-state index in [1.807, 2.05) is 60.3 Å². The summed E-state index contributed by atoms with van der Waals surface area (Å²) in [7, 11) is 3.96. The van der Waals surface area contributed by atoms with Crippen LogP contribution in [0.5, 0.6) is 0 Å². The monoisotopic (exact) mass is 475 g/mol. The molecule has 1 N–H and O–H groups in total. The van der Waals surface area contributed by atoms with Crippen molar-refractivity contribution in [2.24, 2.45) is 5.92 Å². The van der Waals surface area contributed by atoms with E-state index in [-0.39, 0.29) is 23.8 Å². The fourth-order valence-electron chi connectivity index (χ4n) is 4.14. The lowest BCUT2D eigenvalue weighted by Gasteiger charge is -2.32. The lowest BCUT2D eigenvalue weighted by Crippen LogP contribution is -2.34. The smallest absolute Gasteiger partial charge is 0.257 e. The van der Waals surface area contributed by atoms with Crippen LogP contribution in [0.15, 0.2) is 72.8 Å². The van der Waals surface area contributed by atoms with Gasteiger partial charge in [-0.1, -0.05) is 54.1 Å². The summed E-state index contributed by atoms with van der Waals surface area (Å²) >= 11 is 6.20. The number of halogens is 1. The van der Waals surface area contributed by atoms with Gasteiger partial charge in [-0.15, -0.1) is 0 Å². The Balaban J connectivity index is 1.64. The van der Waals surface area contributed by atoms with E-state index >= 15 is 0 Å². The highest BCUT2D eigenvalue weighted by Crippen LogP contribution is 2.36. The Labute approximate surface area is 206 Å². The van der Waals surface area contributed by atoms with Crippen molar-refractivity contribution in [2.75, 3.05) is 24.3 Å². The first-order chi connectivity index (χ1) is 16.3. The molecule has 5 nitrogen and oxygen atoms in total.